The van der Waals surface area contributed by atoms with Gasteiger partial charge in [-0.15, -0.1) is 11.6 Å². The molecule has 0 aliphatic carbocycles. The number of rotatable bonds is 6. The quantitative estimate of drug-likeness (QED) is 0.372. The molecule has 0 amide bonds. The van der Waals surface area contributed by atoms with Crippen molar-refractivity contribution in [1.29, 1.82) is 0 Å². The predicted molar refractivity (Wildman–Crippen MR) is 52.2 cm³/mol. The van der Waals surface area contributed by atoms with E-state index in [0.29, 0.717) is 5.38 Å². The van der Waals surface area contributed by atoms with Gasteiger partial charge >= 0.3 is 0 Å². The molecule has 0 saturated heterocycles. The molecule has 0 aromatic heterocycles. The largest absolute Gasteiger partial charge is 0.312 e. The van der Waals surface area contributed by atoms with E-state index in [1.807, 2.05) is 13.0 Å². The van der Waals surface area contributed by atoms with Crippen molar-refractivity contribution in [2.24, 2.45) is 0 Å². The Hall–Kier alpha value is -0.0100. The van der Waals surface area contributed by atoms with Gasteiger partial charge in [0.15, 0.2) is 0 Å². The average molecular weight is 176 g/mol. The Balaban J connectivity index is 3.10. The van der Waals surface area contributed by atoms with E-state index >= 15 is 0 Å². The van der Waals surface area contributed by atoms with Crippen LogP contribution in [-0.4, -0.2) is 18.5 Å². The standard InChI is InChI=1S/C9H18ClN/c1-3-5-7-11-8-9(10)6-4-2/h3,5,9,11H,4,6-8H2,1-2H3/b5-3+. The molecular formula is C9H18ClN. The number of hydrogen-bond donors (Lipinski definition) is 1. The second-order valence-corrected chi connectivity index (χ2v) is 3.23. The van der Waals surface area contributed by atoms with Crippen LogP contribution in [0.1, 0.15) is 26.7 Å². The fraction of sp³-hybridized carbons (Fsp3) is 0.778. The first kappa shape index (κ1) is 11.0. The molecule has 0 aliphatic heterocycles. The number of halogens is 1. The first-order chi connectivity index (χ1) is 5.31. The highest BCUT2D eigenvalue weighted by Gasteiger charge is 1.99. The minimum atomic E-state index is 0.297. The molecule has 0 radical (unpaired) electrons. The highest BCUT2D eigenvalue weighted by molar-refractivity contribution is 6.20. The summed E-state index contributed by atoms with van der Waals surface area (Å²) in [6.45, 7) is 6.02. The van der Waals surface area contributed by atoms with E-state index in [4.69, 9.17) is 11.6 Å². The molecular weight excluding hydrogens is 158 g/mol. The fourth-order valence-electron chi connectivity index (χ4n) is 0.856. The van der Waals surface area contributed by atoms with Crippen LogP contribution >= 0.6 is 11.6 Å². The van der Waals surface area contributed by atoms with E-state index in [9.17, 15) is 0 Å². The summed E-state index contributed by atoms with van der Waals surface area (Å²) in [6, 6.07) is 0. The van der Waals surface area contributed by atoms with Gasteiger partial charge in [-0.1, -0.05) is 25.5 Å². The van der Waals surface area contributed by atoms with Gasteiger partial charge in [0.2, 0.25) is 0 Å². The molecule has 0 fully saturated rings. The van der Waals surface area contributed by atoms with Crippen LogP contribution in [-0.2, 0) is 0 Å². The molecule has 0 aliphatic rings. The van der Waals surface area contributed by atoms with Gasteiger partial charge in [0, 0.05) is 18.5 Å². The normalized spacial score (nSPS) is 14.1. The molecule has 0 rings (SSSR count). The fourth-order valence-corrected chi connectivity index (χ4v) is 1.18. The molecule has 1 atom stereocenters. The zero-order valence-corrected chi connectivity index (χ0v) is 8.19. The smallest absolute Gasteiger partial charge is 0.0460 e. The second-order valence-electron chi connectivity index (χ2n) is 2.61. The lowest BCUT2D eigenvalue weighted by atomic mass is 10.2. The van der Waals surface area contributed by atoms with Crippen LogP contribution in [0.4, 0.5) is 0 Å². The van der Waals surface area contributed by atoms with Gasteiger partial charge in [-0.25, -0.2) is 0 Å². The lowest BCUT2D eigenvalue weighted by molar-refractivity contribution is 0.654. The van der Waals surface area contributed by atoms with Crippen LogP contribution in [0.5, 0.6) is 0 Å². The minimum absolute atomic E-state index is 0.297. The molecule has 0 heterocycles. The van der Waals surface area contributed by atoms with Crippen LogP contribution in [0.25, 0.3) is 0 Å². The zero-order chi connectivity index (χ0) is 8.53. The molecule has 0 bridgehead atoms. The van der Waals surface area contributed by atoms with Gasteiger partial charge in [0.25, 0.3) is 0 Å². The van der Waals surface area contributed by atoms with Crippen LogP contribution in [0, 0.1) is 0 Å². The summed E-state index contributed by atoms with van der Waals surface area (Å²) in [5, 5.41) is 3.55. The summed E-state index contributed by atoms with van der Waals surface area (Å²) >= 11 is 5.97. The van der Waals surface area contributed by atoms with Crippen molar-refractivity contribution in [1.82, 2.24) is 5.32 Å². The maximum atomic E-state index is 5.97. The van der Waals surface area contributed by atoms with Crippen molar-refractivity contribution in [3.8, 4) is 0 Å². The third-order valence-corrected chi connectivity index (χ3v) is 1.84. The van der Waals surface area contributed by atoms with Gasteiger partial charge in [-0.2, -0.15) is 0 Å². The maximum Gasteiger partial charge on any atom is 0.0460 e. The molecule has 11 heavy (non-hydrogen) atoms. The number of hydrogen-bond acceptors (Lipinski definition) is 1. The monoisotopic (exact) mass is 175 g/mol. The van der Waals surface area contributed by atoms with E-state index in [2.05, 4.69) is 18.3 Å². The Morgan fingerprint density at radius 3 is 2.82 bits per heavy atom. The summed E-state index contributed by atoms with van der Waals surface area (Å²) in [5.41, 5.74) is 0. The summed E-state index contributed by atoms with van der Waals surface area (Å²) in [5.74, 6) is 0. The summed E-state index contributed by atoms with van der Waals surface area (Å²) < 4.78 is 0. The number of nitrogens with one attached hydrogen (secondary N) is 1. The summed E-state index contributed by atoms with van der Waals surface area (Å²) in [4.78, 5) is 0. The van der Waals surface area contributed by atoms with E-state index in [0.717, 1.165) is 19.5 Å². The number of alkyl halides is 1. The molecule has 0 aromatic carbocycles. The highest BCUT2D eigenvalue weighted by Crippen LogP contribution is 2.02. The first-order valence-corrected chi connectivity index (χ1v) is 4.70. The third kappa shape index (κ3) is 7.89. The first-order valence-electron chi connectivity index (χ1n) is 4.27. The Bertz CT molecular complexity index is 102. The van der Waals surface area contributed by atoms with E-state index < -0.39 is 0 Å². The molecule has 1 nitrogen and oxygen atoms in total. The van der Waals surface area contributed by atoms with Crippen LogP contribution < -0.4 is 5.32 Å². The van der Waals surface area contributed by atoms with Crippen LogP contribution in [0.2, 0.25) is 0 Å². The third-order valence-electron chi connectivity index (χ3n) is 1.47. The molecule has 0 aromatic rings. The van der Waals surface area contributed by atoms with E-state index in [1.54, 1.807) is 0 Å². The summed E-state index contributed by atoms with van der Waals surface area (Å²) in [6.07, 6.45) is 6.40. The Labute approximate surface area is 74.8 Å². The number of allylic oxidation sites excluding steroid dienone is 1. The van der Waals surface area contributed by atoms with Crippen LogP contribution in [0.15, 0.2) is 12.2 Å². The topological polar surface area (TPSA) is 12.0 Å². The predicted octanol–water partition coefficient (Wildman–Crippen LogP) is 2.56. The van der Waals surface area contributed by atoms with Crippen molar-refractivity contribution < 1.29 is 0 Å². The van der Waals surface area contributed by atoms with Crippen LogP contribution in [0.3, 0.4) is 0 Å². The molecule has 0 spiro atoms. The Kier molecular flexibility index (Phi) is 8.08. The Morgan fingerprint density at radius 1 is 1.55 bits per heavy atom. The van der Waals surface area contributed by atoms with Gasteiger partial charge < -0.3 is 5.32 Å². The second kappa shape index (κ2) is 8.09. The molecule has 0 saturated carbocycles. The van der Waals surface area contributed by atoms with Gasteiger partial charge in [-0.3, -0.25) is 0 Å². The highest BCUT2D eigenvalue weighted by atomic mass is 35.5. The van der Waals surface area contributed by atoms with Crippen molar-refractivity contribution >= 4 is 11.6 Å². The Morgan fingerprint density at radius 2 is 2.27 bits per heavy atom. The van der Waals surface area contributed by atoms with Gasteiger partial charge in [0.1, 0.15) is 0 Å². The SMILES string of the molecule is C/C=C/CNCC(Cl)CCC. The van der Waals surface area contributed by atoms with E-state index in [1.165, 1.54) is 6.42 Å². The molecule has 1 unspecified atom stereocenters. The molecule has 1 N–H and O–H groups in total. The van der Waals surface area contributed by atoms with Gasteiger partial charge in [0.05, 0.1) is 0 Å². The van der Waals surface area contributed by atoms with Crippen molar-refractivity contribution in [3.05, 3.63) is 12.2 Å². The molecule has 2 heteroatoms. The average Bonchev–Trinajstić information content (AvgIpc) is 1.99. The van der Waals surface area contributed by atoms with Crippen molar-refractivity contribution in [2.45, 2.75) is 32.1 Å². The lowest BCUT2D eigenvalue weighted by Gasteiger charge is -2.07. The van der Waals surface area contributed by atoms with Gasteiger partial charge in [-0.05, 0) is 13.3 Å². The minimum Gasteiger partial charge on any atom is -0.312 e. The lowest BCUT2D eigenvalue weighted by Crippen LogP contribution is -2.23. The molecule has 66 valence electrons. The van der Waals surface area contributed by atoms with Crippen molar-refractivity contribution in [2.75, 3.05) is 13.1 Å². The van der Waals surface area contributed by atoms with Crippen molar-refractivity contribution in [3.63, 3.8) is 0 Å². The van der Waals surface area contributed by atoms with E-state index in [-0.39, 0.29) is 0 Å². The summed E-state index contributed by atoms with van der Waals surface area (Å²) in [7, 11) is 0. The maximum absolute atomic E-state index is 5.97. The zero-order valence-electron chi connectivity index (χ0n) is 7.44.